The van der Waals surface area contributed by atoms with Crippen LogP contribution in [0.25, 0.3) is 32.3 Å². The summed E-state index contributed by atoms with van der Waals surface area (Å²) in [6.45, 7) is 8.72. The number of hydrogen-bond donors (Lipinski definition) is 0. The molecule has 0 amide bonds. The Hall–Kier alpha value is -3.09. The number of hydrogen-bond acceptors (Lipinski definition) is 0. The van der Waals surface area contributed by atoms with Gasteiger partial charge in [0.2, 0.25) is 0 Å². The molecule has 0 saturated carbocycles. The fraction of sp³-hybridized carbons (Fsp3) is 0.146. The summed E-state index contributed by atoms with van der Waals surface area (Å²) < 4.78 is 1.42. The molecule has 0 nitrogen and oxygen atoms in total. The molecule has 7 aromatic rings. The normalized spacial score (nSPS) is 10.2. The quantitative estimate of drug-likeness (QED) is 0.232. The maximum atomic E-state index is 2.32. The van der Waals surface area contributed by atoms with Crippen molar-refractivity contribution in [2.24, 2.45) is 0 Å². The molecule has 0 saturated heterocycles. The van der Waals surface area contributed by atoms with Crippen molar-refractivity contribution in [1.82, 2.24) is 0 Å². The molecule has 0 heterocycles. The summed E-state index contributed by atoms with van der Waals surface area (Å²) in [6, 6.07) is 48.0. The molecule has 0 fully saturated rings. The van der Waals surface area contributed by atoms with Crippen molar-refractivity contribution in [1.29, 1.82) is 0 Å². The summed E-state index contributed by atoms with van der Waals surface area (Å²) in [5.74, 6) is 0. The first kappa shape index (κ1) is 35.4. The molecule has 44 heavy (non-hydrogen) atoms. The van der Waals surface area contributed by atoms with Gasteiger partial charge < -0.3 is 24.8 Å². The van der Waals surface area contributed by atoms with Crippen LogP contribution in [-0.2, 0) is 37.1 Å². The average Bonchev–Trinajstić information content (AvgIpc) is 3.66. The molecule has 222 valence electrons. The first-order chi connectivity index (χ1) is 20.5. The summed E-state index contributed by atoms with van der Waals surface area (Å²) in [5, 5.41) is 8.29. The average molecular weight is 693 g/mol. The Labute approximate surface area is 290 Å². The Bertz CT molecular complexity index is 1830. The molecule has 0 aromatic heterocycles. The van der Waals surface area contributed by atoms with E-state index in [0.717, 1.165) is 12.8 Å². The van der Waals surface area contributed by atoms with Crippen molar-refractivity contribution >= 4 is 35.5 Å². The molecule has 0 unspecified atom stereocenters. The Morgan fingerprint density at radius 1 is 0.568 bits per heavy atom. The van der Waals surface area contributed by atoms with Crippen LogP contribution >= 0.6 is 0 Å². The number of rotatable bonds is 4. The number of benzene rings is 5. The molecule has 3 heteroatoms. The summed E-state index contributed by atoms with van der Waals surface area (Å²) in [5.41, 5.74) is 8.23. The van der Waals surface area contributed by atoms with Crippen molar-refractivity contribution in [3.63, 3.8) is 0 Å². The van der Waals surface area contributed by atoms with E-state index in [-0.39, 0.29) is 24.8 Å². The third-order valence-electron chi connectivity index (χ3n) is 7.88. The van der Waals surface area contributed by atoms with Crippen LogP contribution in [-0.4, -0.2) is 3.21 Å². The van der Waals surface area contributed by atoms with Gasteiger partial charge in [-0.1, -0.05) is 66.4 Å². The van der Waals surface area contributed by atoms with Gasteiger partial charge in [-0.2, -0.15) is 12.1 Å². The van der Waals surface area contributed by atoms with Gasteiger partial charge in [-0.05, 0) is 26.7 Å². The standard InChI is InChI=1S/C17H17.C13H10.C11H11.2ClH.Zr/c1-3-12-5-7-16-14(9-12)11-15-10-13(4-2)6-8-17(15)16;1-3-7-12(8-4-1)11-13-9-5-2-6-10-13;1-8-6-9(2)11-5-3-4-10(11)7-8;;;/h5-11H,3-4H2,1-2H3;1-10H;3-7H,1-2H3;2*1H;/q-1;;-1;;;+2/p-2. The maximum absolute atomic E-state index is 2.32. The van der Waals surface area contributed by atoms with Crippen LogP contribution in [0.3, 0.4) is 0 Å². The molecule has 0 atom stereocenters. The molecular weight excluding hydrogens is 655 g/mol. The van der Waals surface area contributed by atoms with E-state index >= 15 is 0 Å². The molecule has 0 bridgehead atoms. The van der Waals surface area contributed by atoms with Gasteiger partial charge in [-0.3, -0.25) is 0 Å². The minimum atomic E-state index is 0. The molecule has 0 radical (unpaired) electrons. The van der Waals surface area contributed by atoms with Crippen LogP contribution < -0.4 is 24.8 Å². The van der Waals surface area contributed by atoms with Crippen molar-refractivity contribution < 1.29 is 49.0 Å². The summed E-state index contributed by atoms with van der Waals surface area (Å²) >= 11 is 1.46. The summed E-state index contributed by atoms with van der Waals surface area (Å²) in [7, 11) is 0. The van der Waals surface area contributed by atoms with Crippen molar-refractivity contribution in [3.05, 3.63) is 167 Å². The topological polar surface area (TPSA) is 0 Å². The summed E-state index contributed by atoms with van der Waals surface area (Å²) in [4.78, 5) is 0. The van der Waals surface area contributed by atoms with Gasteiger partial charge in [0.25, 0.3) is 0 Å². The van der Waals surface area contributed by atoms with Gasteiger partial charge in [0, 0.05) is 0 Å². The van der Waals surface area contributed by atoms with Crippen molar-refractivity contribution in [2.45, 2.75) is 40.5 Å². The molecule has 7 rings (SSSR count). The molecule has 7 aromatic carbocycles. The van der Waals surface area contributed by atoms with E-state index in [9.17, 15) is 0 Å². The van der Waals surface area contributed by atoms with Crippen molar-refractivity contribution in [2.75, 3.05) is 0 Å². The van der Waals surface area contributed by atoms with E-state index < -0.39 is 0 Å². The van der Waals surface area contributed by atoms with E-state index in [0.29, 0.717) is 0 Å². The van der Waals surface area contributed by atoms with Crippen LogP contribution in [0.5, 0.6) is 0 Å². The van der Waals surface area contributed by atoms with Gasteiger partial charge in [0.1, 0.15) is 0 Å². The van der Waals surface area contributed by atoms with E-state index in [2.05, 4.69) is 161 Å². The fourth-order valence-corrected chi connectivity index (χ4v) is 6.38. The van der Waals surface area contributed by atoms with Gasteiger partial charge in [-0.15, -0.1) is 62.6 Å². The first-order valence-corrected chi connectivity index (χ1v) is 16.1. The SMILES string of the molecule is CCc1ccc2c(c1)[cH-]c1cc(CC)ccc12.Cc1cc(C)c2cc[cH-]c2c1.[Cl-].[Cl-].[Zr+2]=[C](c1ccccc1)c1ccccc1. The second-order valence-corrected chi connectivity index (χ2v) is 12.1. The zero-order valence-corrected chi connectivity index (χ0v) is 29.8. The predicted octanol–water partition coefficient (Wildman–Crippen LogP) is 4.82. The Balaban J connectivity index is 0.000000180. The zero-order chi connectivity index (χ0) is 29.5. The Morgan fingerprint density at radius 2 is 1.07 bits per heavy atom. The third-order valence-corrected chi connectivity index (χ3v) is 9.30. The molecule has 0 N–H and O–H groups in total. The number of aryl methyl sites for hydroxylation is 4. The van der Waals surface area contributed by atoms with Crippen LogP contribution in [0.4, 0.5) is 0 Å². The first-order valence-electron chi connectivity index (χ1n) is 14.9. The van der Waals surface area contributed by atoms with Gasteiger partial charge >= 0.3 is 99.2 Å². The van der Waals surface area contributed by atoms with E-state index in [4.69, 9.17) is 0 Å². The van der Waals surface area contributed by atoms with Gasteiger partial charge in [-0.25, -0.2) is 0 Å². The van der Waals surface area contributed by atoms with Crippen molar-refractivity contribution in [3.8, 4) is 0 Å². The number of fused-ring (bicyclic) bond motifs is 4. The van der Waals surface area contributed by atoms with E-state index in [1.165, 1.54) is 93.1 Å². The molecule has 0 spiro atoms. The number of halogens is 2. The van der Waals surface area contributed by atoms with E-state index in [1.54, 1.807) is 0 Å². The minimum absolute atomic E-state index is 0. The molecular formula is C41H38Cl2Zr-2. The van der Waals surface area contributed by atoms with Gasteiger partial charge in [0.15, 0.2) is 0 Å². The van der Waals surface area contributed by atoms with Crippen LogP contribution in [0, 0.1) is 13.8 Å². The zero-order valence-electron chi connectivity index (χ0n) is 25.9. The van der Waals surface area contributed by atoms with Gasteiger partial charge in [0.05, 0.1) is 0 Å². The Kier molecular flexibility index (Phi) is 13.5. The second-order valence-electron chi connectivity index (χ2n) is 10.9. The van der Waals surface area contributed by atoms with E-state index in [1.807, 2.05) is 0 Å². The fourth-order valence-electron chi connectivity index (χ4n) is 5.56. The summed E-state index contributed by atoms with van der Waals surface area (Å²) in [6.07, 6.45) is 2.22. The molecule has 0 aliphatic heterocycles. The second kappa shape index (κ2) is 16.8. The Morgan fingerprint density at radius 3 is 1.55 bits per heavy atom. The third kappa shape index (κ3) is 8.54. The molecule has 0 aliphatic rings. The predicted molar refractivity (Wildman–Crippen MR) is 181 cm³/mol. The monoisotopic (exact) mass is 690 g/mol. The molecule has 0 aliphatic carbocycles. The van der Waals surface area contributed by atoms with Crippen LogP contribution in [0.15, 0.2) is 133 Å². The van der Waals surface area contributed by atoms with Crippen LogP contribution in [0.1, 0.15) is 47.2 Å². The van der Waals surface area contributed by atoms with Crippen LogP contribution in [0.2, 0.25) is 0 Å².